The van der Waals surface area contributed by atoms with Crippen molar-refractivity contribution in [1.82, 2.24) is 4.98 Å². The zero-order valence-corrected chi connectivity index (χ0v) is 18.9. The van der Waals surface area contributed by atoms with E-state index in [2.05, 4.69) is 15.3 Å². The number of hydrogen-bond donors (Lipinski definition) is 2. The third kappa shape index (κ3) is 7.09. The molecule has 2 rings (SSSR count). The number of hydrogen-bond acceptors (Lipinski definition) is 6. The average Bonchev–Trinajstić information content (AvgIpc) is 2.55. The lowest BCUT2D eigenvalue weighted by molar-refractivity contribution is 0.0594. The zero-order valence-electron chi connectivity index (χ0n) is 18.9. The number of carbonyl (C=O) groups excluding carboxylic acids is 2. The highest BCUT2D eigenvalue weighted by atomic mass is 16.6. The molecule has 2 N–H and O–H groups in total. The minimum atomic E-state index is -0.821. The number of nitrogens with zero attached hydrogens (tertiary/aromatic N) is 2. The maximum atomic E-state index is 12.2. The number of nitrogens with one attached hydrogen (secondary N) is 1. The smallest absolute Gasteiger partial charge is 0.434 e. The quantitative estimate of drug-likeness (QED) is 0.720. The molecule has 1 aliphatic rings. The van der Waals surface area contributed by atoms with Crippen molar-refractivity contribution < 1.29 is 24.2 Å². The molecule has 166 valence electrons. The van der Waals surface area contributed by atoms with E-state index in [9.17, 15) is 14.7 Å². The SMILES string of the molecule is C[C@H]1C[C@@H](c2ccncc2NC(=O)OC(C)(C)C)CC(=NC(=O)OC(C)(C)C)[C@@H]1O. The van der Waals surface area contributed by atoms with Crippen LogP contribution >= 0.6 is 0 Å². The van der Waals surface area contributed by atoms with E-state index in [1.165, 1.54) is 0 Å². The Bertz CT molecular complexity index is 808. The third-order valence-electron chi connectivity index (χ3n) is 4.55. The molecule has 0 radical (unpaired) electrons. The number of aromatic nitrogens is 1. The molecule has 0 aromatic carbocycles. The molecule has 1 aromatic rings. The summed E-state index contributed by atoms with van der Waals surface area (Å²) in [5.74, 6) is -0.176. The predicted octanol–water partition coefficient (Wildman–Crippen LogP) is 4.68. The predicted molar refractivity (Wildman–Crippen MR) is 115 cm³/mol. The van der Waals surface area contributed by atoms with Gasteiger partial charge >= 0.3 is 12.2 Å². The minimum Gasteiger partial charge on any atom is -0.444 e. The highest BCUT2D eigenvalue weighted by Gasteiger charge is 2.34. The van der Waals surface area contributed by atoms with Crippen LogP contribution in [0, 0.1) is 5.92 Å². The van der Waals surface area contributed by atoms with Crippen molar-refractivity contribution in [2.75, 3.05) is 5.32 Å². The van der Waals surface area contributed by atoms with Gasteiger partial charge in [-0.3, -0.25) is 10.3 Å². The number of aliphatic hydroxyl groups excluding tert-OH is 1. The lowest BCUT2D eigenvalue weighted by Gasteiger charge is -2.33. The Morgan fingerprint density at radius 3 is 2.40 bits per heavy atom. The van der Waals surface area contributed by atoms with Crippen molar-refractivity contribution in [3.8, 4) is 0 Å². The largest absolute Gasteiger partial charge is 0.444 e. The number of rotatable bonds is 2. The van der Waals surface area contributed by atoms with Gasteiger partial charge in [-0.05, 0) is 77.8 Å². The molecule has 0 aliphatic heterocycles. The van der Waals surface area contributed by atoms with Crippen LogP contribution in [0.1, 0.15) is 72.8 Å². The topological polar surface area (TPSA) is 110 Å². The van der Waals surface area contributed by atoms with Gasteiger partial charge in [-0.25, -0.2) is 9.59 Å². The van der Waals surface area contributed by atoms with Crippen molar-refractivity contribution in [2.24, 2.45) is 10.9 Å². The summed E-state index contributed by atoms with van der Waals surface area (Å²) in [5, 5.41) is 13.3. The molecule has 0 spiro atoms. The standard InChI is InChI=1S/C22H33N3O5/c1-13-10-14(11-16(18(13)26)24-19(27)29-21(2,3)4)15-8-9-23-12-17(15)25-20(28)30-22(5,6)7/h8-9,12-14,18,26H,10-11H2,1-7H3,(H,25,28)/t13-,14+,18+/m0/s1. The second kappa shape index (κ2) is 9.12. The van der Waals surface area contributed by atoms with Crippen LogP contribution in [0.4, 0.5) is 15.3 Å². The molecule has 8 nitrogen and oxygen atoms in total. The highest BCUT2D eigenvalue weighted by Crippen LogP contribution is 2.38. The number of aliphatic imine (C=N–C) groups is 1. The summed E-state index contributed by atoms with van der Waals surface area (Å²) in [7, 11) is 0. The Morgan fingerprint density at radius 2 is 1.80 bits per heavy atom. The molecule has 1 aromatic heterocycles. The van der Waals surface area contributed by atoms with E-state index in [4.69, 9.17) is 9.47 Å². The molecule has 1 saturated carbocycles. The van der Waals surface area contributed by atoms with Gasteiger partial charge < -0.3 is 14.6 Å². The molecule has 1 heterocycles. The Labute approximate surface area is 178 Å². The summed E-state index contributed by atoms with van der Waals surface area (Å²) in [6.45, 7) is 12.6. The average molecular weight is 420 g/mol. The summed E-state index contributed by atoms with van der Waals surface area (Å²) in [6, 6.07) is 1.83. The van der Waals surface area contributed by atoms with Gasteiger partial charge in [0.15, 0.2) is 0 Å². The zero-order chi connectivity index (χ0) is 22.7. The molecule has 0 bridgehead atoms. The Balaban J connectivity index is 2.25. The maximum absolute atomic E-state index is 12.2. The first-order valence-corrected chi connectivity index (χ1v) is 10.2. The van der Waals surface area contributed by atoms with Gasteiger partial charge in [0.05, 0.1) is 23.7 Å². The van der Waals surface area contributed by atoms with E-state index in [1.54, 1.807) is 53.9 Å². The van der Waals surface area contributed by atoms with Crippen LogP contribution in [-0.2, 0) is 9.47 Å². The van der Waals surface area contributed by atoms with Crippen LogP contribution in [0.25, 0.3) is 0 Å². The molecule has 3 atom stereocenters. The second-order valence-corrected chi connectivity index (χ2v) is 9.73. The Morgan fingerprint density at radius 1 is 1.17 bits per heavy atom. The molecule has 8 heteroatoms. The normalized spacial score (nSPS) is 23.7. The summed E-state index contributed by atoms with van der Waals surface area (Å²) in [4.78, 5) is 32.6. The highest BCUT2D eigenvalue weighted by molar-refractivity contribution is 5.97. The monoisotopic (exact) mass is 419 g/mol. The molecule has 1 fully saturated rings. The molecule has 1 aliphatic carbocycles. The van der Waals surface area contributed by atoms with Gasteiger partial charge in [0.25, 0.3) is 0 Å². The van der Waals surface area contributed by atoms with Crippen LogP contribution in [0.3, 0.4) is 0 Å². The van der Waals surface area contributed by atoms with Crippen LogP contribution in [0.5, 0.6) is 0 Å². The first-order valence-electron chi connectivity index (χ1n) is 10.2. The number of aliphatic hydroxyl groups is 1. The van der Waals surface area contributed by atoms with Gasteiger partial charge in [-0.15, -0.1) is 0 Å². The summed E-state index contributed by atoms with van der Waals surface area (Å²) in [6.07, 6.45) is 2.15. The van der Waals surface area contributed by atoms with Crippen LogP contribution in [0.15, 0.2) is 23.5 Å². The van der Waals surface area contributed by atoms with Crippen LogP contribution in [-0.4, -0.2) is 45.3 Å². The van der Waals surface area contributed by atoms with E-state index in [-0.39, 0.29) is 11.8 Å². The van der Waals surface area contributed by atoms with E-state index in [1.807, 2.05) is 13.0 Å². The summed E-state index contributed by atoms with van der Waals surface area (Å²) >= 11 is 0. The first-order chi connectivity index (χ1) is 13.7. The summed E-state index contributed by atoms with van der Waals surface area (Å²) in [5.41, 5.74) is 0.487. The lowest BCUT2D eigenvalue weighted by atomic mass is 9.76. The Kier molecular flexibility index (Phi) is 7.23. The van der Waals surface area contributed by atoms with Crippen molar-refractivity contribution in [3.05, 3.63) is 24.0 Å². The van der Waals surface area contributed by atoms with Gasteiger partial charge in [-0.1, -0.05) is 6.92 Å². The fourth-order valence-electron chi connectivity index (χ4n) is 3.39. The molecule has 30 heavy (non-hydrogen) atoms. The Hall–Kier alpha value is -2.48. The fraction of sp³-hybridized carbons (Fsp3) is 0.636. The summed E-state index contributed by atoms with van der Waals surface area (Å²) < 4.78 is 10.6. The van der Waals surface area contributed by atoms with E-state index in [0.29, 0.717) is 24.2 Å². The number of anilines is 1. The van der Waals surface area contributed by atoms with Crippen molar-refractivity contribution in [2.45, 2.75) is 84.5 Å². The maximum Gasteiger partial charge on any atom is 0.434 e. The third-order valence-corrected chi connectivity index (χ3v) is 4.55. The number of amides is 2. The van der Waals surface area contributed by atoms with Crippen molar-refractivity contribution in [3.63, 3.8) is 0 Å². The molecule has 0 unspecified atom stereocenters. The number of pyridine rings is 1. The van der Waals surface area contributed by atoms with E-state index in [0.717, 1.165) is 5.56 Å². The van der Waals surface area contributed by atoms with Gasteiger partial charge in [-0.2, -0.15) is 4.99 Å². The van der Waals surface area contributed by atoms with Crippen molar-refractivity contribution in [1.29, 1.82) is 0 Å². The first kappa shape index (κ1) is 23.8. The van der Waals surface area contributed by atoms with Crippen LogP contribution in [0.2, 0.25) is 0 Å². The van der Waals surface area contributed by atoms with E-state index < -0.39 is 29.5 Å². The molecular weight excluding hydrogens is 386 g/mol. The molecule has 2 amide bonds. The van der Waals surface area contributed by atoms with Gasteiger partial charge in [0.1, 0.15) is 11.2 Å². The van der Waals surface area contributed by atoms with Crippen molar-refractivity contribution >= 4 is 23.6 Å². The number of ether oxygens (including phenoxy) is 2. The van der Waals surface area contributed by atoms with Gasteiger partial charge in [0.2, 0.25) is 0 Å². The lowest BCUT2D eigenvalue weighted by Crippen LogP contribution is -2.37. The molecule has 0 saturated heterocycles. The molecular formula is C22H33N3O5. The fourth-order valence-corrected chi connectivity index (χ4v) is 3.39. The van der Waals surface area contributed by atoms with Gasteiger partial charge in [0, 0.05) is 6.20 Å². The van der Waals surface area contributed by atoms with E-state index >= 15 is 0 Å². The van der Waals surface area contributed by atoms with Crippen LogP contribution < -0.4 is 5.32 Å². The minimum absolute atomic E-state index is 0.0578. The number of carbonyl (C=O) groups is 2. The second-order valence-electron chi connectivity index (χ2n) is 9.73.